The molecule has 0 amide bonds. The molecule has 194 valence electrons. The van der Waals surface area contributed by atoms with Gasteiger partial charge in [-0.15, -0.1) is 0 Å². The number of hydrogen-bond acceptors (Lipinski definition) is 8. The average Bonchev–Trinajstić information content (AvgIpc) is 3.10. The van der Waals surface area contributed by atoms with Crippen molar-refractivity contribution in [2.75, 3.05) is 30.9 Å². The number of halogens is 2. The normalized spacial score (nSPS) is 18.9. The van der Waals surface area contributed by atoms with Crippen LogP contribution in [0, 0.1) is 17.6 Å². The van der Waals surface area contributed by atoms with Gasteiger partial charge in [-0.1, -0.05) is 31.3 Å². The number of anilines is 2. The summed E-state index contributed by atoms with van der Waals surface area (Å²) in [4.78, 5) is 18.9. The van der Waals surface area contributed by atoms with E-state index in [1.54, 1.807) is 19.0 Å². The van der Waals surface area contributed by atoms with Crippen LogP contribution in [0.4, 0.5) is 19.7 Å². The predicted octanol–water partition coefficient (Wildman–Crippen LogP) is 3.59. The van der Waals surface area contributed by atoms with Crippen molar-refractivity contribution >= 4 is 38.1 Å². The summed E-state index contributed by atoms with van der Waals surface area (Å²) in [6.07, 6.45) is 2.73. The summed E-state index contributed by atoms with van der Waals surface area (Å²) in [5, 5.41) is 3.62. The molecule has 0 radical (unpaired) electrons. The Morgan fingerprint density at radius 3 is 2.43 bits per heavy atom. The van der Waals surface area contributed by atoms with Crippen LogP contribution in [0.3, 0.4) is 0 Å². The molecule has 12 heteroatoms. The minimum atomic E-state index is -3.31. The molecule has 1 aromatic heterocycles. The van der Waals surface area contributed by atoms with Gasteiger partial charge in [-0.2, -0.15) is 0 Å². The van der Waals surface area contributed by atoms with Crippen molar-refractivity contribution in [3.8, 4) is 0 Å². The molecule has 0 bridgehead atoms. The van der Waals surface area contributed by atoms with Crippen LogP contribution in [0.2, 0.25) is 0 Å². The third kappa shape index (κ3) is 7.18. The van der Waals surface area contributed by atoms with Gasteiger partial charge in [-0.25, -0.2) is 26.9 Å². The van der Waals surface area contributed by atoms with Crippen LogP contribution >= 0.6 is 11.3 Å². The molecule has 0 atom stereocenters. The second-order valence-corrected chi connectivity index (χ2v) is 12.5. The molecular weight excluding hydrogens is 496 g/mol. The third-order valence-corrected chi connectivity index (χ3v) is 8.50. The molecule has 1 saturated carbocycles. The van der Waals surface area contributed by atoms with Crippen molar-refractivity contribution in [3.05, 3.63) is 39.8 Å². The van der Waals surface area contributed by atoms with Crippen LogP contribution in [-0.4, -0.2) is 56.0 Å². The zero-order chi connectivity index (χ0) is 25.9. The number of sulfonamides is 1. The lowest BCUT2D eigenvalue weighted by atomic mass is 9.92. The lowest BCUT2D eigenvalue weighted by molar-refractivity contribution is 0.103. The van der Waals surface area contributed by atoms with Gasteiger partial charge in [0.1, 0.15) is 22.3 Å². The number of nitrogens with zero attached hydrogens (tertiary/aromatic N) is 2. The molecule has 1 fully saturated rings. The Morgan fingerprint density at radius 2 is 1.83 bits per heavy atom. The Balaban J connectivity index is 1.67. The SMILES string of the molecule is CC(C)CS(=O)(=O)NC1CCC(Nc2nc(N)c(C(=O)c3c(F)ccc(CN(C)C)c3F)s2)CC1. The Kier molecular flexibility index (Phi) is 8.84. The summed E-state index contributed by atoms with van der Waals surface area (Å²) >= 11 is 0.959. The van der Waals surface area contributed by atoms with Gasteiger partial charge in [0.25, 0.3) is 0 Å². The third-order valence-electron chi connectivity index (χ3n) is 5.70. The van der Waals surface area contributed by atoms with Gasteiger partial charge in [-0.3, -0.25) is 4.79 Å². The fraction of sp³-hybridized carbons (Fsp3) is 0.565. The Hall–Kier alpha value is -2.15. The zero-order valence-electron chi connectivity index (χ0n) is 20.4. The lowest BCUT2D eigenvalue weighted by Crippen LogP contribution is -2.41. The van der Waals surface area contributed by atoms with Gasteiger partial charge in [0, 0.05) is 24.2 Å². The topological polar surface area (TPSA) is 117 Å². The van der Waals surface area contributed by atoms with E-state index in [1.165, 1.54) is 6.07 Å². The highest BCUT2D eigenvalue weighted by Crippen LogP contribution is 2.32. The molecule has 35 heavy (non-hydrogen) atoms. The molecule has 0 aliphatic heterocycles. The standard InChI is InChI=1S/C23H33F2N5O3S2/c1-13(2)12-35(32,33)29-16-8-6-15(7-9-16)27-23-28-22(26)21(34-23)20(31)18-17(24)10-5-14(19(18)25)11-30(3)4/h5,10,13,15-16,29H,6-9,11-12,26H2,1-4H3,(H,27,28). The summed E-state index contributed by atoms with van der Waals surface area (Å²) in [6, 6.07) is 2.31. The highest BCUT2D eigenvalue weighted by atomic mass is 32.2. The second kappa shape index (κ2) is 11.3. The largest absolute Gasteiger partial charge is 0.382 e. The Bertz CT molecular complexity index is 1160. The molecule has 1 aliphatic carbocycles. The van der Waals surface area contributed by atoms with Crippen LogP contribution in [0.25, 0.3) is 0 Å². The summed E-state index contributed by atoms with van der Waals surface area (Å²) in [7, 11) is 0.184. The van der Waals surface area contributed by atoms with E-state index >= 15 is 0 Å². The number of aromatic nitrogens is 1. The van der Waals surface area contributed by atoms with E-state index in [1.807, 2.05) is 13.8 Å². The summed E-state index contributed by atoms with van der Waals surface area (Å²) in [5.74, 6) is -2.63. The van der Waals surface area contributed by atoms with Crippen molar-refractivity contribution in [2.45, 2.75) is 58.2 Å². The van der Waals surface area contributed by atoms with Gasteiger partial charge >= 0.3 is 0 Å². The maximum atomic E-state index is 15.0. The van der Waals surface area contributed by atoms with Gasteiger partial charge in [0.2, 0.25) is 15.8 Å². The van der Waals surface area contributed by atoms with Crippen LogP contribution in [-0.2, 0) is 16.6 Å². The van der Waals surface area contributed by atoms with Crippen molar-refractivity contribution in [1.82, 2.24) is 14.6 Å². The maximum Gasteiger partial charge on any atom is 0.212 e. The van der Waals surface area contributed by atoms with E-state index in [2.05, 4.69) is 15.0 Å². The van der Waals surface area contributed by atoms with E-state index in [4.69, 9.17) is 5.73 Å². The first-order chi connectivity index (χ1) is 16.4. The van der Waals surface area contributed by atoms with Crippen LogP contribution in [0.5, 0.6) is 0 Å². The van der Waals surface area contributed by atoms with Crippen molar-refractivity contribution in [1.29, 1.82) is 0 Å². The van der Waals surface area contributed by atoms with Crippen LogP contribution in [0.1, 0.15) is 60.3 Å². The number of carbonyl (C=O) groups is 1. The van der Waals surface area contributed by atoms with E-state index in [-0.39, 0.29) is 46.6 Å². The molecule has 2 aromatic rings. The number of nitrogens with one attached hydrogen (secondary N) is 2. The summed E-state index contributed by atoms with van der Waals surface area (Å²) < 4.78 is 56.6. The highest BCUT2D eigenvalue weighted by Gasteiger charge is 2.28. The zero-order valence-corrected chi connectivity index (χ0v) is 22.0. The number of benzene rings is 1. The molecular formula is C23H33F2N5O3S2. The predicted molar refractivity (Wildman–Crippen MR) is 135 cm³/mol. The van der Waals surface area contributed by atoms with E-state index < -0.39 is 33.0 Å². The Morgan fingerprint density at radius 1 is 1.20 bits per heavy atom. The molecule has 3 rings (SSSR count). The minimum absolute atomic E-state index is 0.0197. The number of nitrogens with two attached hydrogens (primary N) is 1. The first kappa shape index (κ1) is 27.4. The smallest absolute Gasteiger partial charge is 0.212 e. The van der Waals surface area contributed by atoms with E-state index in [0.29, 0.717) is 30.8 Å². The summed E-state index contributed by atoms with van der Waals surface area (Å²) in [6.45, 7) is 3.94. The van der Waals surface area contributed by atoms with Gasteiger partial charge < -0.3 is 16.0 Å². The number of ketones is 1. The summed E-state index contributed by atoms with van der Waals surface area (Å²) in [5.41, 5.74) is 5.52. The fourth-order valence-corrected chi connectivity index (χ4v) is 6.83. The number of thiazole rings is 1. The highest BCUT2D eigenvalue weighted by molar-refractivity contribution is 7.89. The minimum Gasteiger partial charge on any atom is -0.382 e. The molecule has 1 aliphatic rings. The van der Waals surface area contributed by atoms with Crippen LogP contribution in [0.15, 0.2) is 12.1 Å². The molecule has 0 spiro atoms. The molecule has 4 N–H and O–H groups in total. The van der Waals surface area contributed by atoms with E-state index in [9.17, 15) is 22.0 Å². The van der Waals surface area contributed by atoms with Crippen LogP contribution < -0.4 is 15.8 Å². The Labute approximate surface area is 209 Å². The number of hydrogen-bond donors (Lipinski definition) is 3. The first-order valence-electron chi connectivity index (χ1n) is 11.6. The average molecular weight is 530 g/mol. The van der Waals surface area contributed by atoms with Gasteiger partial charge in [0.05, 0.1) is 11.3 Å². The molecule has 1 aromatic carbocycles. The number of rotatable bonds is 10. The van der Waals surface area contributed by atoms with Gasteiger partial charge in [0.15, 0.2) is 5.13 Å². The number of nitrogen functional groups attached to an aromatic ring is 1. The van der Waals surface area contributed by atoms with Crippen molar-refractivity contribution < 1.29 is 22.0 Å². The first-order valence-corrected chi connectivity index (χ1v) is 14.0. The quantitative estimate of drug-likeness (QED) is 0.403. The van der Waals surface area contributed by atoms with Gasteiger partial charge in [-0.05, 0) is 51.8 Å². The van der Waals surface area contributed by atoms with Crippen molar-refractivity contribution in [3.63, 3.8) is 0 Å². The van der Waals surface area contributed by atoms with Crippen molar-refractivity contribution in [2.24, 2.45) is 5.92 Å². The number of carbonyl (C=O) groups excluding carboxylic acids is 1. The second-order valence-electron chi connectivity index (χ2n) is 9.68. The lowest BCUT2D eigenvalue weighted by Gasteiger charge is -2.29. The maximum absolute atomic E-state index is 15.0. The fourth-order valence-electron chi connectivity index (χ4n) is 4.21. The molecule has 0 unspecified atom stereocenters. The monoisotopic (exact) mass is 529 g/mol. The van der Waals surface area contributed by atoms with E-state index in [0.717, 1.165) is 17.4 Å². The molecule has 1 heterocycles. The molecule has 8 nitrogen and oxygen atoms in total. The molecule has 0 saturated heterocycles.